The first kappa shape index (κ1) is 12.0. The summed E-state index contributed by atoms with van der Waals surface area (Å²) in [5.41, 5.74) is 0.967. The van der Waals surface area contributed by atoms with Crippen molar-refractivity contribution in [2.24, 2.45) is 0 Å². The molecule has 14 heavy (non-hydrogen) atoms. The quantitative estimate of drug-likeness (QED) is 0.828. The zero-order valence-corrected chi connectivity index (χ0v) is 10.7. The summed E-state index contributed by atoms with van der Waals surface area (Å²) in [7, 11) is 1.83. The van der Waals surface area contributed by atoms with Crippen LogP contribution in [-0.2, 0) is 0 Å². The number of hydrogen-bond donors (Lipinski definition) is 2. The summed E-state index contributed by atoms with van der Waals surface area (Å²) in [6.45, 7) is 0.566. The van der Waals surface area contributed by atoms with Gasteiger partial charge in [0.05, 0.1) is 6.10 Å². The molecule has 1 atom stereocenters. The van der Waals surface area contributed by atoms with E-state index in [0.29, 0.717) is 6.54 Å². The molecule has 4 heteroatoms. The van der Waals surface area contributed by atoms with E-state index >= 15 is 0 Å². The fraction of sp³-hybridized carbons (Fsp3) is 0.400. The molecule has 1 aromatic carbocycles. The Morgan fingerprint density at radius 3 is 2.86 bits per heavy atom. The summed E-state index contributed by atoms with van der Waals surface area (Å²) < 4.78 is 0.965. The minimum Gasteiger partial charge on any atom is -0.387 e. The Balaban J connectivity index is 3.03. The lowest BCUT2D eigenvalue weighted by atomic mass is 10.1. The molecule has 0 saturated heterocycles. The van der Waals surface area contributed by atoms with Crippen molar-refractivity contribution in [2.45, 2.75) is 11.0 Å². The van der Waals surface area contributed by atoms with Crippen LogP contribution >= 0.6 is 27.7 Å². The zero-order valence-electron chi connectivity index (χ0n) is 8.25. The zero-order chi connectivity index (χ0) is 10.6. The van der Waals surface area contributed by atoms with Crippen molar-refractivity contribution in [3.63, 3.8) is 0 Å². The van der Waals surface area contributed by atoms with Gasteiger partial charge in [-0.15, -0.1) is 11.8 Å². The normalized spacial score (nSPS) is 12.9. The number of likely N-dealkylation sites (N-methyl/N-ethyl adjacent to an activating group) is 1. The average Bonchev–Trinajstić information content (AvgIpc) is 2.17. The summed E-state index contributed by atoms with van der Waals surface area (Å²) in [5, 5.41) is 12.9. The minimum atomic E-state index is -0.460. The molecular weight excluding hydrogens is 262 g/mol. The molecule has 2 N–H and O–H groups in total. The van der Waals surface area contributed by atoms with Crippen LogP contribution in [0.1, 0.15) is 11.7 Å². The predicted octanol–water partition coefficient (Wildman–Crippen LogP) is 2.42. The predicted molar refractivity (Wildman–Crippen MR) is 64.8 cm³/mol. The molecule has 2 nitrogen and oxygen atoms in total. The highest BCUT2D eigenvalue weighted by Crippen LogP contribution is 2.32. The first-order chi connectivity index (χ1) is 6.70. The largest absolute Gasteiger partial charge is 0.387 e. The maximum Gasteiger partial charge on any atom is 0.0935 e. The number of halogens is 1. The van der Waals surface area contributed by atoms with Crippen LogP contribution in [0.5, 0.6) is 0 Å². The molecule has 0 heterocycles. The van der Waals surface area contributed by atoms with E-state index in [0.717, 1.165) is 14.9 Å². The molecule has 78 valence electrons. The Labute approximate surface area is 97.2 Å². The Morgan fingerprint density at radius 2 is 2.29 bits per heavy atom. The van der Waals surface area contributed by atoms with Crippen molar-refractivity contribution in [2.75, 3.05) is 19.8 Å². The van der Waals surface area contributed by atoms with Crippen LogP contribution in [0.2, 0.25) is 0 Å². The molecule has 0 aliphatic carbocycles. The van der Waals surface area contributed by atoms with Gasteiger partial charge in [-0.25, -0.2) is 0 Å². The second kappa shape index (κ2) is 5.75. The molecule has 0 fully saturated rings. The van der Waals surface area contributed by atoms with E-state index in [1.165, 1.54) is 0 Å². The SMILES string of the molecule is CNCC(O)c1c(Br)cccc1SC. The van der Waals surface area contributed by atoms with E-state index < -0.39 is 6.10 Å². The number of aliphatic hydroxyl groups is 1. The monoisotopic (exact) mass is 275 g/mol. The van der Waals surface area contributed by atoms with E-state index in [1.54, 1.807) is 11.8 Å². The molecule has 1 aromatic rings. The summed E-state index contributed by atoms with van der Waals surface area (Å²) in [4.78, 5) is 1.11. The Morgan fingerprint density at radius 1 is 1.57 bits per heavy atom. The van der Waals surface area contributed by atoms with Gasteiger partial charge in [0.2, 0.25) is 0 Å². The van der Waals surface area contributed by atoms with Crippen molar-refractivity contribution in [3.8, 4) is 0 Å². The number of nitrogens with one attached hydrogen (secondary N) is 1. The second-order valence-electron chi connectivity index (χ2n) is 2.93. The van der Waals surface area contributed by atoms with Crippen molar-refractivity contribution >= 4 is 27.7 Å². The van der Waals surface area contributed by atoms with Gasteiger partial charge in [0.1, 0.15) is 0 Å². The third-order valence-corrected chi connectivity index (χ3v) is 3.45. The van der Waals surface area contributed by atoms with E-state index in [2.05, 4.69) is 21.2 Å². The fourth-order valence-corrected chi connectivity index (χ4v) is 2.76. The molecule has 0 aliphatic heterocycles. The summed E-state index contributed by atoms with van der Waals surface area (Å²) in [6, 6.07) is 5.95. The molecule has 1 unspecified atom stereocenters. The summed E-state index contributed by atoms with van der Waals surface area (Å²) >= 11 is 5.10. The van der Waals surface area contributed by atoms with Gasteiger partial charge in [-0.05, 0) is 25.4 Å². The Hall–Kier alpha value is -0.0300. The van der Waals surface area contributed by atoms with E-state index in [-0.39, 0.29) is 0 Å². The number of rotatable bonds is 4. The van der Waals surface area contributed by atoms with Gasteiger partial charge >= 0.3 is 0 Å². The highest BCUT2D eigenvalue weighted by atomic mass is 79.9. The third kappa shape index (κ3) is 2.73. The Kier molecular flexibility index (Phi) is 4.95. The van der Waals surface area contributed by atoms with Gasteiger partial charge < -0.3 is 10.4 Å². The van der Waals surface area contributed by atoms with Crippen molar-refractivity contribution in [1.82, 2.24) is 5.32 Å². The molecule has 0 radical (unpaired) electrons. The summed E-state index contributed by atoms with van der Waals surface area (Å²) in [6.07, 6.45) is 1.55. The first-order valence-corrected chi connectivity index (χ1v) is 6.37. The van der Waals surface area contributed by atoms with Crippen molar-refractivity contribution in [1.29, 1.82) is 0 Å². The molecule has 0 amide bonds. The lowest BCUT2D eigenvalue weighted by molar-refractivity contribution is 0.174. The van der Waals surface area contributed by atoms with Gasteiger partial charge in [0.25, 0.3) is 0 Å². The van der Waals surface area contributed by atoms with Gasteiger partial charge in [-0.2, -0.15) is 0 Å². The van der Waals surface area contributed by atoms with Gasteiger partial charge in [-0.3, -0.25) is 0 Å². The van der Waals surface area contributed by atoms with Crippen molar-refractivity contribution in [3.05, 3.63) is 28.2 Å². The molecule has 0 aliphatic rings. The molecular formula is C10H14BrNOS. The number of benzene rings is 1. The molecule has 1 rings (SSSR count). The molecule has 0 saturated carbocycles. The number of thioether (sulfide) groups is 1. The van der Waals surface area contributed by atoms with Crippen molar-refractivity contribution < 1.29 is 5.11 Å². The van der Waals surface area contributed by atoms with Crippen LogP contribution < -0.4 is 5.32 Å². The van der Waals surface area contributed by atoms with E-state index in [4.69, 9.17) is 0 Å². The molecule has 0 bridgehead atoms. The number of aliphatic hydroxyl groups excluding tert-OH is 1. The standard InChI is InChI=1S/C10H14BrNOS/c1-12-6-8(13)10-7(11)4-3-5-9(10)14-2/h3-5,8,12-13H,6H2,1-2H3. The van der Waals surface area contributed by atoms with Gasteiger partial charge in [-0.1, -0.05) is 22.0 Å². The highest BCUT2D eigenvalue weighted by molar-refractivity contribution is 9.10. The average molecular weight is 276 g/mol. The first-order valence-electron chi connectivity index (χ1n) is 4.35. The second-order valence-corrected chi connectivity index (χ2v) is 4.63. The fourth-order valence-electron chi connectivity index (χ4n) is 1.31. The van der Waals surface area contributed by atoms with Crippen LogP contribution in [0.3, 0.4) is 0 Å². The Bertz CT molecular complexity index is 306. The maximum absolute atomic E-state index is 9.91. The van der Waals surface area contributed by atoms with Crippen LogP contribution in [0, 0.1) is 0 Å². The minimum absolute atomic E-state index is 0.460. The lowest BCUT2D eigenvalue weighted by Gasteiger charge is -2.15. The smallest absolute Gasteiger partial charge is 0.0935 e. The number of hydrogen-bond acceptors (Lipinski definition) is 3. The van der Waals surface area contributed by atoms with E-state index in [1.807, 2.05) is 31.5 Å². The topological polar surface area (TPSA) is 32.3 Å². The van der Waals surface area contributed by atoms with Gasteiger partial charge in [0, 0.05) is 21.5 Å². The highest BCUT2D eigenvalue weighted by Gasteiger charge is 2.14. The third-order valence-electron chi connectivity index (χ3n) is 1.96. The van der Waals surface area contributed by atoms with Gasteiger partial charge in [0.15, 0.2) is 0 Å². The van der Waals surface area contributed by atoms with Crippen LogP contribution in [-0.4, -0.2) is 25.0 Å². The van der Waals surface area contributed by atoms with Crippen LogP contribution in [0.4, 0.5) is 0 Å². The molecule has 0 aromatic heterocycles. The van der Waals surface area contributed by atoms with Crippen LogP contribution in [0.25, 0.3) is 0 Å². The maximum atomic E-state index is 9.91. The lowest BCUT2D eigenvalue weighted by Crippen LogP contribution is -2.17. The van der Waals surface area contributed by atoms with Crippen LogP contribution in [0.15, 0.2) is 27.6 Å². The molecule has 0 spiro atoms. The summed E-state index contributed by atoms with van der Waals surface area (Å²) in [5.74, 6) is 0. The van der Waals surface area contributed by atoms with E-state index in [9.17, 15) is 5.11 Å².